The van der Waals surface area contributed by atoms with Crippen molar-refractivity contribution in [2.45, 2.75) is 115 Å². The molecular formula is C27H42O6. The second-order valence-electron chi connectivity index (χ2n) is 8.89. The van der Waals surface area contributed by atoms with Gasteiger partial charge >= 0.3 is 0 Å². The zero-order valence-corrected chi connectivity index (χ0v) is 20.0. The third-order valence-corrected chi connectivity index (χ3v) is 6.05. The van der Waals surface area contributed by atoms with Crippen LogP contribution in [0, 0.1) is 11.8 Å². The summed E-state index contributed by atoms with van der Waals surface area (Å²) in [6, 6.07) is 7.58. The van der Waals surface area contributed by atoms with Crippen LogP contribution in [-0.2, 0) is 11.2 Å². The largest absolute Gasteiger partial charge is 0.462 e. The molecule has 4 N–H and O–H groups in total. The van der Waals surface area contributed by atoms with E-state index in [2.05, 4.69) is 18.8 Å². The van der Waals surface area contributed by atoms with E-state index in [1.54, 1.807) is 6.07 Å². The van der Waals surface area contributed by atoms with Crippen molar-refractivity contribution in [3.05, 3.63) is 29.8 Å². The summed E-state index contributed by atoms with van der Waals surface area (Å²) in [5.41, 5.74) is 1.13. The normalized spacial score (nSPS) is 24.8. The first-order valence-electron chi connectivity index (χ1n) is 12.6. The molecule has 186 valence electrons. The molecule has 0 amide bonds. The summed E-state index contributed by atoms with van der Waals surface area (Å²) >= 11 is 0. The van der Waals surface area contributed by atoms with Crippen LogP contribution in [0.1, 0.15) is 83.1 Å². The molecule has 5 atom stereocenters. The number of ether oxygens (including phenoxy) is 2. The number of unbranched alkanes of at least 4 members (excludes halogenated alkanes) is 9. The Balaban J connectivity index is 1.63. The van der Waals surface area contributed by atoms with E-state index in [0.29, 0.717) is 5.75 Å². The first-order chi connectivity index (χ1) is 16.1. The van der Waals surface area contributed by atoms with Gasteiger partial charge in [-0.05, 0) is 43.4 Å². The maximum atomic E-state index is 10.1. The highest BCUT2D eigenvalue weighted by Crippen LogP contribution is 2.25. The first kappa shape index (κ1) is 27.6. The van der Waals surface area contributed by atoms with Gasteiger partial charge in [-0.15, -0.1) is 11.8 Å². The molecule has 0 saturated carbocycles. The number of aryl methyl sites for hydroxylation is 1. The Hall–Kier alpha value is -1.62. The van der Waals surface area contributed by atoms with Crippen LogP contribution in [0.5, 0.6) is 5.75 Å². The van der Waals surface area contributed by atoms with E-state index in [1.807, 2.05) is 18.2 Å². The predicted molar refractivity (Wildman–Crippen MR) is 129 cm³/mol. The summed E-state index contributed by atoms with van der Waals surface area (Å²) in [5, 5.41) is 39.2. The minimum absolute atomic E-state index is 0.476. The predicted octanol–water partition coefficient (Wildman–Crippen LogP) is 3.72. The second kappa shape index (κ2) is 16.1. The van der Waals surface area contributed by atoms with E-state index in [4.69, 9.17) is 9.47 Å². The van der Waals surface area contributed by atoms with E-state index in [0.717, 1.165) is 31.2 Å². The van der Waals surface area contributed by atoms with Gasteiger partial charge in [0.05, 0.1) is 6.61 Å². The van der Waals surface area contributed by atoms with Gasteiger partial charge in [0, 0.05) is 12.8 Å². The fourth-order valence-electron chi connectivity index (χ4n) is 3.96. The quantitative estimate of drug-likeness (QED) is 0.248. The minimum atomic E-state index is -1.44. The Morgan fingerprint density at radius 2 is 1.52 bits per heavy atom. The van der Waals surface area contributed by atoms with E-state index in [9.17, 15) is 20.4 Å². The summed E-state index contributed by atoms with van der Waals surface area (Å²) in [7, 11) is 0. The summed E-state index contributed by atoms with van der Waals surface area (Å²) in [6.45, 7) is 1.75. The Kier molecular flexibility index (Phi) is 13.5. The molecule has 6 nitrogen and oxygen atoms in total. The number of benzene rings is 1. The van der Waals surface area contributed by atoms with Gasteiger partial charge in [-0.3, -0.25) is 0 Å². The monoisotopic (exact) mass is 462 g/mol. The molecule has 1 aliphatic rings. The Morgan fingerprint density at radius 3 is 2.21 bits per heavy atom. The standard InChI is InChI=1S/C27H42O6/c1-2-3-4-5-6-7-8-9-10-11-12-13-14-16-21-17-15-18-22(19-21)32-27-26(31)25(30)24(29)23(20-28)33-27/h15,17-19,23-31H,2-6,9-14,16,20H2,1H3/t23-,24-,25+,26-,27-/m1/s1. The zero-order chi connectivity index (χ0) is 23.9. The van der Waals surface area contributed by atoms with E-state index in [-0.39, 0.29) is 0 Å². The number of aliphatic hydroxyl groups is 4. The van der Waals surface area contributed by atoms with Crippen LogP contribution in [0.25, 0.3) is 0 Å². The average molecular weight is 463 g/mol. The van der Waals surface area contributed by atoms with E-state index >= 15 is 0 Å². The molecule has 6 heteroatoms. The van der Waals surface area contributed by atoms with Gasteiger partial charge < -0.3 is 29.9 Å². The van der Waals surface area contributed by atoms with Crippen LogP contribution < -0.4 is 4.74 Å². The molecule has 0 spiro atoms. The number of aliphatic hydroxyl groups excluding tert-OH is 4. The molecular weight excluding hydrogens is 420 g/mol. The highest BCUT2D eigenvalue weighted by molar-refractivity contribution is 5.28. The lowest BCUT2D eigenvalue weighted by atomic mass is 9.99. The van der Waals surface area contributed by atoms with Crippen LogP contribution in [-0.4, -0.2) is 57.7 Å². The molecule has 1 aromatic carbocycles. The van der Waals surface area contributed by atoms with Crippen molar-refractivity contribution >= 4 is 0 Å². The Bertz CT molecular complexity index is 710. The number of rotatable bonds is 14. The third kappa shape index (κ3) is 10.0. The molecule has 0 aliphatic carbocycles. The highest BCUT2D eigenvalue weighted by Gasteiger charge is 2.44. The van der Waals surface area contributed by atoms with E-state index in [1.165, 1.54) is 51.4 Å². The van der Waals surface area contributed by atoms with Crippen molar-refractivity contribution in [3.8, 4) is 17.6 Å². The lowest BCUT2D eigenvalue weighted by Gasteiger charge is -2.39. The Labute approximate surface area is 198 Å². The van der Waals surface area contributed by atoms with Crippen LogP contribution >= 0.6 is 0 Å². The van der Waals surface area contributed by atoms with Gasteiger partial charge in [0.25, 0.3) is 0 Å². The van der Waals surface area contributed by atoms with Crippen LogP contribution in [0.15, 0.2) is 24.3 Å². The maximum absolute atomic E-state index is 10.1. The lowest BCUT2D eigenvalue weighted by Crippen LogP contribution is -2.60. The molecule has 1 heterocycles. The third-order valence-electron chi connectivity index (χ3n) is 6.05. The smallest absolute Gasteiger partial charge is 0.229 e. The molecule has 1 saturated heterocycles. The second-order valence-corrected chi connectivity index (χ2v) is 8.89. The minimum Gasteiger partial charge on any atom is -0.462 e. The van der Waals surface area contributed by atoms with Crippen molar-refractivity contribution in [3.63, 3.8) is 0 Å². The molecule has 1 aliphatic heterocycles. The van der Waals surface area contributed by atoms with E-state index < -0.39 is 37.3 Å². The fourth-order valence-corrected chi connectivity index (χ4v) is 3.96. The van der Waals surface area contributed by atoms with Gasteiger partial charge in [-0.1, -0.05) is 57.6 Å². The summed E-state index contributed by atoms with van der Waals surface area (Å²) in [5.74, 6) is 7.11. The van der Waals surface area contributed by atoms with Crippen LogP contribution in [0.4, 0.5) is 0 Å². The van der Waals surface area contributed by atoms with Gasteiger partial charge in [0.15, 0.2) is 0 Å². The average Bonchev–Trinajstić information content (AvgIpc) is 2.82. The Morgan fingerprint density at radius 1 is 0.848 bits per heavy atom. The summed E-state index contributed by atoms with van der Waals surface area (Å²) in [6.07, 6.45) is 7.58. The van der Waals surface area contributed by atoms with Gasteiger partial charge in [-0.25, -0.2) is 0 Å². The molecule has 0 radical (unpaired) electrons. The molecule has 0 bridgehead atoms. The molecule has 0 aromatic heterocycles. The highest BCUT2D eigenvalue weighted by atomic mass is 16.7. The molecule has 33 heavy (non-hydrogen) atoms. The van der Waals surface area contributed by atoms with Gasteiger partial charge in [-0.2, -0.15) is 0 Å². The van der Waals surface area contributed by atoms with Crippen molar-refractivity contribution in [1.82, 2.24) is 0 Å². The van der Waals surface area contributed by atoms with Crippen LogP contribution in [0.2, 0.25) is 0 Å². The van der Waals surface area contributed by atoms with Crippen molar-refractivity contribution in [2.75, 3.05) is 6.61 Å². The maximum Gasteiger partial charge on any atom is 0.229 e. The van der Waals surface area contributed by atoms with Crippen LogP contribution in [0.3, 0.4) is 0 Å². The number of hydrogen-bond acceptors (Lipinski definition) is 6. The first-order valence-corrected chi connectivity index (χ1v) is 12.6. The molecule has 1 fully saturated rings. The fraction of sp³-hybridized carbons (Fsp3) is 0.704. The van der Waals surface area contributed by atoms with Gasteiger partial charge in [0.1, 0.15) is 30.2 Å². The lowest BCUT2D eigenvalue weighted by molar-refractivity contribution is -0.277. The SMILES string of the molecule is CCCCCCC#CCCCCCCCc1cccc(O[C@@H]2O[C@H](CO)[C@@H](O)[C@H](O)[C@H]2O)c1. The summed E-state index contributed by atoms with van der Waals surface area (Å²) < 4.78 is 11.1. The van der Waals surface area contributed by atoms with Crippen molar-refractivity contribution in [2.24, 2.45) is 0 Å². The van der Waals surface area contributed by atoms with Crippen molar-refractivity contribution < 1.29 is 29.9 Å². The van der Waals surface area contributed by atoms with Gasteiger partial charge in [0.2, 0.25) is 6.29 Å². The van der Waals surface area contributed by atoms with Crippen molar-refractivity contribution in [1.29, 1.82) is 0 Å². The molecule has 2 rings (SSSR count). The molecule has 0 unspecified atom stereocenters. The topological polar surface area (TPSA) is 99.4 Å². The zero-order valence-electron chi connectivity index (χ0n) is 20.0. The number of hydrogen-bond donors (Lipinski definition) is 4. The molecule has 1 aromatic rings. The summed E-state index contributed by atoms with van der Waals surface area (Å²) in [4.78, 5) is 0.